The van der Waals surface area contributed by atoms with Crippen molar-refractivity contribution in [2.45, 2.75) is 53.5 Å². The zero-order valence-electron chi connectivity index (χ0n) is 22.8. The van der Waals surface area contributed by atoms with Crippen molar-refractivity contribution < 1.29 is 14.6 Å². The van der Waals surface area contributed by atoms with Gasteiger partial charge in [0.15, 0.2) is 0 Å². The highest BCUT2D eigenvalue weighted by Crippen LogP contribution is 2.41. The summed E-state index contributed by atoms with van der Waals surface area (Å²) in [6, 6.07) is 24.1. The van der Waals surface area contributed by atoms with Crippen LogP contribution in [0.25, 0.3) is 10.9 Å². The maximum atomic E-state index is 8.99. The van der Waals surface area contributed by atoms with Crippen molar-refractivity contribution in [2.24, 2.45) is 0 Å². The van der Waals surface area contributed by atoms with E-state index in [1.165, 1.54) is 51.5 Å². The van der Waals surface area contributed by atoms with Gasteiger partial charge in [0, 0.05) is 41.9 Å². The van der Waals surface area contributed by atoms with Crippen LogP contribution in [-0.2, 0) is 11.2 Å². The maximum Gasteiger partial charge on any atom is 0.119 e. The van der Waals surface area contributed by atoms with E-state index in [2.05, 4.69) is 78.3 Å². The Kier molecular flexibility index (Phi) is 10.3. The Hall–Kier alpha value is -3.57. The molecule has 0 amide bonds. The predicted molar refractivity (Wildman–Crippen MR) is 154 cm³/mol. The summed E-state index contributed by atoms with van der Waals surface area (Å²) in [6.07, 6.45) is 2.41. The summed E-state index contributed by atoms with van der Waals surface area (Å²) < 4.78 is 5.76. The number of anilines is 1. The number of H-pyrrole nitrogens is 1. The van der Waals surface area contributed by atoms with Gasteiger partial charge in [-0.3, -0.25) is 0 Å². The summed E-state index contributed by atoms with van der Waals surface area (Å²) >= 11 is 0. The third-order valence-corrected chi connectivity index (χ3v) is 6.42. The van der Waals surface area contributed by atoms with Crippen LogP contribution in [0.3, 0.4) is 0 Å². The van der Waals surface area contributed by atoms with Gasteiger partial charge in [0.25, 0.3) is 0 Å². The van der Waals surface area contributed by atoms with E-state index in [0.29, 0.717) is 13.0 Å². The fraction of sp³-hybridized carbons (Fsp3) is 0.344. The topological polar surface area (TPSA) is 65.6 Å². The first-order chi connectivity index (χ1) is 18.0. The zero-order chi connectivity index (χ0) is 26.8. The van der Waals surface area contributed by atoms with Crippen molar-refractivity contribution in [1.82, 2.24) is 4.98 Å². The standard InChI is InChI=1S/C28H30N2O2.C2H4O.C2H6/c1-19-4-9-22(10-5-19)30-15-14-24-25-18-20(2)6-13-26(25)29-27(24)28(30)21-7-11-23(12-8-21)32-17-3-16-31;1-2-3;1-2/h4-13,18,28-29,31H,3,14-17H2,1-2H3;2H,1H3;1-2H3. The molecule has 196 valence electrons. The lowest BCUT2D eigenvalue weighted by Gasteiger charge is -2.38. The van der Waals surface area contributed by atoms with Crippen LogP contribution in [0.1, 0.15) is 61.2 Å². The summed E-state index contributed by atoms with van der Waals surface area (Å²) in [5.41, 5.74) is 8.97. The van der Waals surface area contributed by atoms with Crippen molar-refractivity contribution in [3.8, 4) is 5.75 Å². The SMILES string of the molecule is CC.CC=O.Cc1ccc(N2CCc3c([nH]c4ccc(C)cc34)C2c2ccc(OCCCO)cc2)cc1. The molecule has 2 heterocycles. The largest absolute Gasteiger partial charge is 0.494 e. The van der Waals surface area contributed by atoms with Crippen LogP contribution in [0.15, 0.2) is 66.7 Å². The molecule has 0 aliphatic carbocycles. The number of nitrogens with one attached hydrogen (secondary N) is 1. The van der Waals surface area contributed by atoms with Crippen LogP contribution in [-0.4, -0.2) is 36.1 Å². The van der Waals surface area contributed by atoms with E-state index >= 15 is 0 Å². The molecule has 5 heteroatoms. The van der Waals surface area contributed by atoms with E-state index < -0.39 is 0 Å². The molecule has 0 saturated heterocycles. The molecule has 1 unspecified atom stereocenters. The first-order valence-corrected chi connectivity index (χ1v) is 13.2. The number of aromatic nitrogens is 1. The van der Waals surface area contributed by atoms with Crippen molar-refractivity contribution in [3.05, 3.63) is 94.7 Å². The van der Waals surface area contributed by atoms with Gasteiger partial charge in [0.1, 0.15) is 12.0 Å². The first kappa shape index (κ1) is 28.0. The molecule has 37 heavy (non-hydrogen) atoms. The van der Waals surface area contributed by atoms with E-state index in [9.17, 15) is 0 Å². The van der Waals surface area contributed by atoms with Gasteiger partial charge < -0.3 is 24.5 Å². The Balaban J connectivity index is 0.000000711. The molecule has 0 saturated carbocycles. The van der Waals surface area contributed by atoms with E-state index in [4.69, 9.17) is 14.6 Å². The van der Waals surface area contributed by atoms with E-state index in [1.807, 2.05) is 26.0 Å². The summed E-state index contributed by atoms with van der Waals surface area (Å²) in [6.45, 7) is 11.4. The first-order valence-electron chi connectivity index (χ1n) is 13.2. The summed E-state index contributed by atoms with van der Waals surface area (Å²) in [4.78, 5) is 15.1. The van der Waals surface area contributed by atoms with Crippen LogP contribution in [0.2, 0.25) is 0 Å². The van der Waals surface area contributed by atoms with Crippen LogP contribution in [0.5, 0.6) is 5.75 Å². The van der Waals surface area contributed by atoms with Gasteiger partial charge in [-0.25, -0.2) is 0 Å². The molecular formula is C32H40N2O3. The van der Waals surface area contributed by atoms with Crippen molar-refractivity contribution in [3.63, 3.8) is 0 Å². The van der Waals surface area contributed by atoms with Gasteiger partial charge in [-0.2, -0.15) is 0 Å². The molecule has 0 fully saturated rings. The highest BCUT2D eigenvalue weighted by atomic mass is 16.5. The number of hydrogen-bond donors (Lipinski definition) is 2. The lowest BCUT2D eigenvalue weighted by Crippen LogP contribution is -2.36. The van der Waals surface area contributed by atoms with Gasteiger partial charge in [-0.1, -0.05) is 55.3 Å². The number of aryl methyl sites for hydroxylation is 2. The van der Waals surface area contributed by atoms with Crippen molar-refractivity contribution in [1.29, 1.82) is 0 Å². The molecule has 0 bridgehead atoms. The van der Waals surface area contributed by atoms with Crippen LogP contribution in [0, 0.1) is 13.8 Å². The lowest BCUT2D eigenvalue weighted by atomic mass is 9.91. The number of carbonyl (C=O) groups is 1. The number of aromatic amines is 1. The van der Waals surface area contributed by atoms with Crippen LogP contribution >= 0.6 is 0 Å². The number of hydrogen-bond acceptors (Lipinski definition) is 4. The molecule has 1 aliphatic heterocycles. The zero-order valence-corrected chi connectivity index (χ0v) is 22.8. The number of rotatable bonds is 6. The molecular weight excluding hydrogens is 460 g/mol. The predicted octanol–water partition coefficient (Wildman–Crippen LogP) is 6.93. The van der Waals surface area contributed by atoms with E-state index in [-0.39, 0.29) is 12.6 Å². The molecule has 5 nitrogen and oxygen atoms in total. The third kappa shape index (κ3) is 6.60. The number of ether oxygens (including phenoxy) is 1. The van der Waals surface area contributed by atoms with E-state index in [1.54, 1.807) is 0 Å². The smallest absolute Gasteiger partial charge is 0.119 e. The summed E-state index contributed by atoms with van der Waals surface area (Å²) in [7, 11) is 0. The van der Waals surface area contributed by atoms with Gasteiger partial charge >= 0.3 is 0 Å². The van der Waals surface area contributed by atoms with Crippen LogP contribution in [0.4, 0.5) is 5.69 Å². The maximum absolute atomic E-state index is 8.99. The Bertz CT molecular complexity index is 1260. The summed E-state index contributed by atoms with van der Waals surface area (Å²) in [5.74, 6) is 0.840. The number of benzene rings is 3. The fourth-order valence-electron chi connectivity index (χ4n) is 4.76. The summed E-state index contributed by atoms with van der Waals surface area (Å²) in [5, 5.41) is 10.3. The quantitative estimate of drug-likeness (QED) is 0.223. The second kappa shape index (κ2) is 13.7. The molecule has 4 aromatic rings. The Labute approximate surface area is 221 Å². The van der Waals surface area contributed by atoms with Gasteiger partial charge in [0.2, 0.25) is 0 Å². The minimum atomic E-state index is 0.112. The number of aliphatic hydroxyl groups is 1. The van der Waals surface area contributed by atoms with Crippen LogP contribution < -0.4 is 9.64 Å². The normalized spacial score (nSPS) is 14.1. The van der Waals surface area contributed by atoms with Crippen molar-refractivity contribution >= 4 is 22.9 Å². The minimum absolute atomic E-state index is 0.112. The Morgan fingerprint density at radius 1 is 1.00 bits per heavy atom. The lowest BCUT2D eigenvalue weighted by molar-refractivity contribution is -0.106. The minimum Gasteiger partial charge on any atom is -0.494 e. The van der Waals surface area contributed by atoms with E-state index in [0.717, 1.165) is 25.0 Å². The average Bonchev–Trinajstić information content (AvgIpc) is 3.29. The molecule has 3 aromatic carbocycles. The molecule has 2 N–H and O–H groups in total. The number of nitrogens with zero attached hydrogens (tertiary/aromatic N) is 1. The average molecular weight is 501 g/mol. The number of aliphatic hydroxyl groups excluding tert-OH is 1. The molecule has 1 aromatic heterocycles. The Morgan fingerprint density at radius 3 is 2.30 bits per heavy atom. The second-order valence-corrected chi connectivity index (χ2v) is 8.98. The fourth-order valence-corrected chi connectivity index (χ4v) is 4.76. The third-order valence-electron chi connectivity index (χ3n) is 6.42. The molecule has 1 atom stereocenters. The van der Waals surface area contributed by atoms with Crippen molar-refractivity contribution in [2.75, 3.05) is 24.7 Å². The number of fused-ring (bicyclic) bond motifs is 3. The highest BCUT2D eigenvalue weighted by Gasteiger charge is 2.32. The number of carbonyl (C=O) groups excluding carboxylic acids is 1. The molecule has 0 spiro atoms. The van der Waals surface area contributed by atoms with Gasteiger partial charge in [0.05, 0.1) is 12.6 Å². The Morgan fingerprint density at radius 2 is 1.65 bits per heavy atom. The van der Waals surface area contributed by atoms with Gasteiger partial charge in [-0.15, -0.1) is 0 Å². The highest BCUT2D eigenvalue weighted by molar-refractivity contribution is 5.86. The second-order valence-electron chi connectivity index (χ2n) is 8.98. The monoisotopic (exact) mass is 500 g/mol. The molecule has 1 aliphatic rings. The van der Waals surface area contributed by atoms with Gasteiger partial charge in [-0.05, 0) is 74.7 Å². The molecule has 5 rings (SSSR count). The number of aldehydes is 1. The molecule has 0 radical (unpaired) electrons.